The number of hydrogen-bond donors (Lipinski definition) is 0. The van der Waals surface area contributed by atoms with Crippen molar-refractivity contribution in [3.63, 3.8) is 0 Å². The van der Waals surface area contributed by atoms with E-state index < -0.39 is 0 Å². The van der Waals surface area contributed by atoms with Gasteiger partial charge in [0.15, 0.2) is 0 Å². The predicted octanol–water partition coefficient (Wildman–Crippen LogP) is 19.6. The van der Waals surface area contributed by atoms with E-state index in [1.54, 1.807) is 0 Å². The number of fused-ring (bicyclic) bond motifs is 6. The highest BCUT2D eigenvalue weighted by Gasteiger charge is 2.24. The fraction of sp³-hybridized carbons (Fsp3) is 0. The molecular formula is C66H45N3S. The zero-order chi connectivity index (χ0) is 46.4. The first-order valence-corrected chi connectivity index (χ1v) is 24.6. The summed E-state index contributed by atoms with van der Waals surface area (Å²) in [6, 6.07) is 99.5. The smallest absolute Gasteiger partial charge is 0.0540 e. The minimum absolute atomic E-state index is 1.02. The number of hydrogen-bond acceptors (Lipinski definition) is 4. The first-order chi connectivity index (χ1) is 34.7. The van der Waals surface area contributed by atoms with Crippen molar-refractivity contribution >= 4 is 115 Å². The molecule has 1 heterocycles. The number of para-hydroxylation sites is 2. The van der Waals surface area contributed by atoms with Crippen molar-refractivity contribution in [2.75, 3.05) is 14.7 Å². The number of anilines is 9. The van der Waals surface area contributed by atoms with Gasteiger partial charge >= 0.3 is 0 Å². The highest BCUT2D eigenvalue weighted by Crippen LogP contribution is 2.48. The monoisotopic (exact) mass is 911 g/mol. The van der Waals surface area contributed by atoms with Crippen LogP contribution in [0.2, 0.25) is 0 Å². The van der Waals surface area contributed by atoms with Crippen molar-refractivity contribution in [2.45, 2.75) is 0 Å². The van der Waals surface area contributed by atoms with Crippen LogP contribution in [0.1, 0.15) is 0 Å². The largest absolute Gasteiger partial charge is 0.310 e. The molecule has 330 valence electrons. The molecule has 1 aromatic heterocycles. The van der Waals surface area contributed by atoms with Gasteiger partial charge in [-0.05, 0) is 141 Å². The predicted molar refractivity (Wildman–Crippen MR) is 301 cm³/mol. The van der Waals surface area contributed by atoms with E-state index in [-0.39, 0.29) is 0 Å². The third kappa shape index (κ3) is 7.57. The lowest BCUT2D eigenvalue weighted by molar-refractivity contribution is 1.23. The van der Waals surface area contributed by atoms with Gasteiger partial charge in [0.25, 0.3) is 0 Å². The minimum Gasteiger partial charge on any atom is -0.310 e. The summed E-state index contributed by atoms with van der Waals surface area (Å²) in [5.41, 5.74) is 11.9. The number of nitrogens with zero attached hydrogens (tertiary/aromatic N) is 3. The molecule has 0 N–H and O–H groups in total. The highest BCUT2D eigenvalue weighted by molar-refractivity contribution is 7.25. The van der Waals surface area contributed by atoms with Crippen LogP contribution in [0.15, 0.2) is 273 Å². The molecule has 0 aliphatic carbocycles. The Kier molecular flexibility index (Phi) is 10.4. The van der Waals surface area contributed by atoms with Gasteiger partial charge in [0.05, 0.1) is 22.7 Å². The molecule has 12 aromatic carbocycles. The molecule has 0 unspecified atom stereocenters. The number of benzene rings is 12. The Morgan fingerprint density at radius 2 is 0.657 bits per heavy atom. The second kappa shape index (κ2) is 17.6. The third-order valence-corrected chi connectivity index (χ3v) is 14.7. The fourth-order valence-electron chi connectivity index (χ4n) is 10.2. The Labute approximate surface area is 411 Å². The van der Waals surface area contributed by atoms with Gasteiger partial charge in [-0.1, -0.05) is 170 Å². The Hall–Kier alpha value is -8.96. The van der Waals surface area contributed by atoms with Crippen LogP contribution in [-0.2, 0) is 0 Å². The lowest BCUT2D eigenvalue weighted by Crippen LogP contribution is -2.16. The van der Waals surface area contributed by atoms with Crippen LogP contribution in [0.4, 0.5) is 51.2 Å². The Balaban J connectivity index is 1.06. The zero-order valence-electron chi connectivity index (χ0n) is 38.2. The third-order valence-electron chi connectivity index (χ3n) is 13.5. The summed E-state index contributed by atoms with van der Waals surface area (Å²) >= 11 is 1.86. The standard InChI is InChI=1S/C66H45N3S/c1-3-22-53(23-4-1)67(56-37-32-46-16-7-9-19-50(46)40-56)58-43-59(68(54-24-5-2-6-25-54)57-38-33-47-17-8-10-20-51(47)41-57)45-60(44-58)69(64-28-15-21-49-18-11-12-26-61(49)64)55-35-30-48(31-36-55)52-34-39-66-63(42-52)62-27-13-14-29-65(62)70-66/h1-45H. The maximum absolute atomic E-state index is 2.45. The lowest BCUT2D eigenvalue weighted by Gasteiger charge is -2.33. The summed E-state index contributed by atoms with van der Waals surface area (Å²) in [5, 5.41) is 9.72. The minimum atomic E-state index is 1.02. The van der Waals surface area contributed by atoms with Crippen molar-refractivity contribution in [1.29, 1.82) is 0 Å². The van der Waals surface area contributed by atoms with Crippen molar-refractivity contribution in [1.82, 2.24) is 0 Å². The van der Waals surface area contributed by atoms with Crippen molar-refractivity contribution < 1.29 is 0 Å². The Bertz CT molecular complexity index is 3880. The van der Waals surface area contributed by atoms with Gasteiger partial charge in [-0.15, -0.1) is 11.3 Å². The maximum atomic E-state index is 2.45. The second-order valence-corrected chi connectivity index (χ2v) is 18.9. The van der Waals surface area contributed by atoms with Crippen LogP contribution in [-0.4, -0.2) is 0 Å². The SMILES string of the molecule is c1ccc(N(c2cc(N(c3ccccc3)c3ccc4ccccc4c3)cc(N(c3ccc(-c4ccc5sc6ccccc6c5c4)cc3)c3cccc4ccccc34)c2)c2ccc3ccccc3c2)cc1. The molecular weight excluding hydrogens is 867 g/mol. The van der Waals surface area contributed by atoms with Crippen LogP contribution < -0.4 is 14.7 Å². The van der Waals surface area contributed by atoms with Gasteiger partial charge in [0.1, 0.15) is 0 Å². The molecule has 0 fully saturated rings. The molecule has 3 nitrogen and oxygen atoms in total. The molecule has 0 aliphatic rings. The molecule has 0 aliphatic heterocycles. The summed E-state index contributed by atoms with van der Waals surface area (Å²) in [4.78, 5) is 7.25. The fourth-order valence-corrected chi connectivity index (χ4v) is 11.3. The van der Waals surface area contributed by atoms with Gasteiger partial charge in [0.2, 0.25) is 0 Å². The Morgan fingerprint density at radius 3 is 1.27 bits per heavy atom. The van der Waals surface area contributed by atoms with Crippen LogP contribution in [0.3, 0.4) is 0 Å². The van der Waals surface area contributed by atoms with Crippen molar-refractivity contribution in [3.8, 4) is 11.1 Å². The molecule has 0 saturated heterocycles. The Morgan fingerprint density at radius 1 is 0.214 bits per heavy atom. The summed E-state index contributed by atoms with van der Waals surface area (Å²) in [6.45, 7) is 0. The van der Waals surface area contributed by atoms with E-state index >= 15 is 0 Å². The van der Waals surface area contributed by atoms with E-state index in [2.05, 4.69) is 288 Å². The molecule has 0 saturated carbocycles. The molecule has 13 aromatic rings. The zero-order valence-corrected chi connectivity index (χ0v) is 39.0. The molecule has 0 radical (unpaired) electrons. The quantitative estimate of drug-likeness (QED) is 0.135. The van der Waals surface area contributed by atoms with Gasteiger partial charge < -0.3 is 14.7 Å². The molecule has 0 spiro atoms. The van der Waals surface area contributed by atoms with Gasteiger partial charge in [-0.2, -0.15) is 0 Å². The first-order valence-electron chi connectivity index (χ1n) is 23.8. The van der Waals surface area contributed by atoms with Gasteiger partial charge in [0, 0.05) is 54.0 Å². The summed E-state index contributed by atoms with van der Waals surface area (Å²) in [7, 11) is 0. The second-order valence-electron chi connectivity index (χ2n) is 17.8. The summed E-state index contributed by atoms with van der Waals surface area (Å²) < 4.78 is 2.62. The first kappa shape index (κ1) is 41.2. The highest BCUT2D eigenvalue weighted by atomic mass is 32.1. The molecule has 13 rings (SSSR count). The van der Waals surface area contributed by atoms with Crippen molar-refractivity contribution in [3.05, 3.63) is 273 Å². The molecule has 70 heavy (non-hydrogen) atoms. The van der Waals surface area contributed by atoms with Crippen LogP contribution >= 0.6 is 11.3 Å². The van der Waals surface area contributed by atoms with Crippen molar-refractivity contribution in [2.24, 2.45) is 0 Å². The normalized spacial score (nSPS) is 11.4. The van der Waals surface area contributed by atoms with Gasteiger partial charge in [-0.25, -0.2) is 0 Å². The van der Waals surface area contributed by atoms with E-state index in [1.165, 1.54) is 63.6 Å². The van der Waals surface area contributed by atoms with E-state index in [4.69, 9.17) is 0 Å². The molecule has 4 heteroatoms. The molecule has 0 bridgehead atoms. The average Bonchev–Trinajstić information content (AvgIpc) is 3.80. The topological polar surface area (TPSA) is 9.72 Å². The van der Waals surface area contributed by atoms with Gasteiger partial charge in [-0.3, -0.25) is 0 Å². The molecule has 0 amide bonds. The van der Waals surface area contributed by atoms with Crippen LogP contribution in [0, 0.1) is 0 Å². The number of thiophene rings is 1. The average molecular weight is 912 g/mol. The summed E-state index contributed by atoms with van der Waals surface area (Å²) in [6.07, 6.45) is 0. The summed E-state index contributed by atoms with van der Waals surface area (Å²) in [5.74, 6) is 0. The van der Waals surface area contributed by atoms with E-state index in [0.29, 0.717) is 0 Å². The number of rotatable bonds is 10. The van der Waals surface area contributed by atoms with E-state index in [9.17, 15) is 0 Å². The van der Waals surface area contributed by atoms with E-state index in [1.807, 2.05) is 11.3 Å². The van der Waals surface area contributed by atoms with Crippen LogP contribution in [0.25, 0.3) is 63.6 Å². The van der Waals surface area contributed by atoms with Crippen LogP contribution in [0.5, 0.6) is 0 Å². The maximum Gasteiger partial charge on any atom is 0.0540 e. The lowest BCUT2D eigenvalue weighted by atomic mass is 10.0. The van der Waals surface area contributed by atoms with E-state index in [0.717, 1.165) is 51.2 Å². The molecule has 0 atom stereocenters.